The first-order valence-corrected chi connectivity index (χ1v) is 3.56. The lowest BCUT2D eigenvalue weighted by Gasteiger charge is -2.12. The monoisotopic (exact) mass is 162 g/mol. The number of aliphatic hydroxyl groups excluding tert-OH is 1. The van der Waals surface area contributed by atoms with E-state index in [0.29, 0.717) is 6.61 Å². The fourth-order valence-corrected chi connectivity index (χ4v) is 0.600. The highest BCUT2D eigenvalue weighted by Crippen LogP contribution is 1.92. The highest BCUT2D eigenvalue weighted by atomic mass is 16.6. The molecule has 4 nitrogen and oxygen atoms in total. The average Bonchev–Trinajstić information content (AvgIpc) is 1.97. The summed E-state index contributed by atoms with van der Waals surface area (Å²) < 4.78 is 9.64. The van der Waals surface area contributed by atoms with Gasteiger partial charge in [-0.15, -0.1) is 0 Å². The Morgan fingerprint density at radius 3 is 2.64 bits per heavy atom. The quantitative estimate of drug-likeness (QED) is 0.576. The van der Waals surface area contributed by atoms with Crippen LogP contribution in [0.4, 0.5) is 0 Å². The third-order valence-electron chi connectivity index (χ3n) is 1.08. The van der Waals surface area contributed by atoms with E-state index in [-0.39, 0.29) is 25.3 Å². The van der Waals surface area contributed by atoms with Gasteiger partial charge in [-0.2, -0.15) is 0 Å². The molecule has 0 aliphatic carbocycles. The number of esters is 1. The van der Waals surface area contributed by atoms with E-state index in [1.165, 1.54) is 6.92 Å². The third-order valence-corrected chi connectivity index (χ3v) is 1.08. The van der Waals surface area contributed by atoms with Crippen LogP contribution in [-0.4, -0.2) is 37.0 Å². The van der Waals surface area contributed by atoms with Crippen LogP contribution >= 0.6 is 0 Å². The summed E-state index contributed by atoms with van der Waals surface area (Å²) in [6.07, 6.45) is -0.385. The molecule has 4 heteroatoms. The number of hydrogen-bond donors (Lipinski definition) is 1. The summed E-state index contributed by atoms with van der Waals surface area (Å²) in [5.41, 5.74) is 0. The Balaban J connectivity index is 3.43. The zero-order valence-electron chi connectivity index (χ0n) is 6.87. The van der Waals surface area contributed by atoms with Crippen molar-refractivity contribution in [3.8, 4) is 0 Å². The first kappa shape index (κ1) is 10.4. The van der Waals surface area contributed by atoms with Crippen LogP contribution in [0.3, 0.4) is 0 Å². The molecule has 66 valence electrons. The second-order valence-corrected chi connectivity index (χ2v) is 2.06. The maximum atomic E-state index is 10.3. The molecule has 0 aliphatic heterocycles. The highest BCUT2D eigenvalue weighted by molar-refractivity contribution is 5.65. The molecule has 1 N–H and O–H groups in total. The predicted molar refractivity (Wildman–Crippen MR) is 39.1 cm³/mol. The molecule has 1 unspecified atom stereocenters. The first-order valence-electron chi connectivity index (χ1n) is 3.56. The Bertz CT molecular complexity index is 113. The molecule has 0 saturated heterocycles. The Morgan fingerprint density at radius 2 is 2.27 bits per heavy atom. The van der Waals surface area contributed by atoms with Gasteiger partial charge in [-0.05, 0) is 6.92 Å². The van der Waals surface area contributed by atoms with Crippen molar-refractivity contribution in [2.75, 3.05) is 19.8 Å². The summed E-state index contributed by atoms with van der Waals surface area (Å²) in [5, 5.41) is 8.65. The smallest absolute Gasteiger partial charge is 0.302 e. The van der Waals surface area contributed by atoms with Crippen LogP contribution < -0.4 is 0 Å². The van der Waals surface area contributed by atoms with Crippen molar-refractivity contribution >= 4 is 5.97 Å². The molecule has 0 amide bonds. The summed E-state index contributed by atoms with van der Waals surface area (Å²) in [4.78, 5) is 10.3. The third kappa shape index (κ3) is 5.82. The molecule has 0 aromatic heterocycles. The van der Waals surface area contributed by atoms with Gasteiger partial charge in [0, 0.05) is 13.5 Å². The van der Waals surface area contributed by atoms with Crippen LogP contribution in [0.5, 0.6) is 0 Å². The summed E-state index contributed by atoms with van der Waals surface area (Å²) >= 11 is 0. The van der Waals surface area contributed by atoms with Gasteiger partial charge in [0.1, 0.15) is 12.7 Å². The molecule has 1 atom stereocenters. The van der Waals surface area contributed by atoms with Gasteiger partial charge in [-0.3, -0.25) is 4.79 Å². The molecule has 11 heavy (non-hydrogen) atoms. The van der Waals surface area contributed by atoms with E-state index >= 15 is 0 Å². The summed E-state index contributed by atoms with van der Waals surface area (Å²) in [6, 6.07) is 0. The van der Waals surface area contributed by atoms with Crippen LogP contribution in [0.15, 0.2) is 0 Å². The molecular weight excluding hydrogens is 148 g/mol. The standard InChI is InChI=1S/C7H14O4/c1-3-10-7(4-8)5-11-6(2)9/h7-8H,3-5H2,1-2H3. The molecule has 0 radical (unpaired) electrons. The van der Waals surface area contributed by atoms with Crippen LogP contribution in [-0.2, 0) is 14.3 Å². The number of hydrogen-bond acceptors (Lipinski definition) is 4. The van der Waals surface area contributed by atoms with E-state index in [2.05, 4.69) is 4.74 Å². The van der Waals surface area contributed by atoms with E-state index in [0.717, 1.165) is 0 Å². The molecule has 0 heterocycles. The minimum Gasteiger partial charge on any atom is -0.463 e. The lowest BCUT2D eigenvalue weighted by Crippen LogP contribution is -2.25. The maximum Gasteiger partial charge on any atom is 0.302 e. The first-order chi connectivity index (χ1) is 5.20. The van der Waals surface area contributed by atoms with Gasteiger partial charge >= 0.3 is 5.97 Å². The normalized spacial score (nSPS) is 12.6. The molecule has 0 spiro atoms. The number of carbonyl (C=O) groups excluding carboxylic acids is 1. The Labute approximate surface area is 66.1 Å². The van der Waals surface area contributed by atoms with Crippen LogP contribution in [0.1, 0.15) is 13.8 Å². The van der Waals surface area contributed by atoms with E-state index in [9.17, 15) is 4.79 Å². The van der Waals surface area contributed by atoms with Gasteiger partial charge in [0.25, 0.3) is 0 Å². The highest BCUT2D eigenvalue weighted by Gasteiger charge is 2.07. The molecule has 0 aromatic carbocycles. The molecule has 0 bridgehead atoms. The maximum absolute atomic E-state index is 10.3. The van der Waals surface area contributed by atoms with Gasteiger partial charge in [-0.25, -0.2) is 0 Å². The van der Waals surface area contributed by atoms with Crippen LogP contribution in [0.2, 0.25) is 0 Å². The Kier molecular flexibility index (Phi) is 5.78. The lowest BCUT2D eigenvalue weighted by atomic mass is 10.4. The molecule has 0 fully saturated rings. The van der Waals surface area contributed by atoms with Crippen molar-refractivity contribution in [2.45, 2.75) is 20.0 Å². The van der Waals surface area contributed by atoms with Crippen LogP contribution in [0.25, 0.3) is 0 Å². The number of carbonyl (C=O) groups is 1. The number of rotatable bonds is 5. The SMILES string of the molecule is CCOC(CO)COC(C)=O. The minimum atomic E-state index is -0.385. The minimum absolute atomic E-state index is 0.124. The molecule has 0 saturated carbocycles. The van der Waals surface area contributed by atoms with E-state index in [4.69, 9.17) is 9.84 Å². The van der Waals surface area contributed by atoms with Crippen molar-refractivity contribution < 1.29 is 19.4 Å². The topological polar surface area (TPSA) is 55.8 Å². The van der Waals surface area contributed by atoms with Gasteiger partial charge < -0.3 is 14.6 Å². The Hall–Kier alpha value is -0.610. The largest absolute Gasteiger partial charge is 0.463 e. The van der Waals surface area contributed by atoms with Gasteiger partial charge in [0.05, 0.1) is 6.61 Å². The fraction of sp³-hybridized carbons (Fsp3) is 0.857. The summed E-state index contributed by atoms with van der Waals surface area (Å²) in [7, 11) is 0. The van der Waals surface area contributed by atoms with Gasteiger partial charge in [0.15, 0.2) is 0 Å². The lowest BCUT2D eigenvalue weighted by molar-refractivity contribution is -0.146. The zero-order chi connectivity index (χ0) is 8.69. The van der Waals surface area contributed by atoms with Gasteiger partial charge in [-0.1, -0.05) is 0 Å². The number of aliphatic hydroxyl groups is 1. The van der Waals surface area contributed by atoms with Crippen molar-refractivity contribution in [1.82, 2.24) is 0 Å². The average molecular weight is 162 g/mol. The number of ether oxygens (including phenoxy) is 2. The van der Waals surface area contributed by atoms with E-state index in [1.54, 1.807) is 0 Å². The molecule has 0 aromatic rings. The molecule has 0 aliphatic rings. The van der Waals surface area contributed by atoms with Crippen molar-refractivity contribution in [1.29, 1.82) is 0 Å². The van der Waals surface area contributed by atoms with Crippen molar-refractivity contribution in [3.05, 3.63) is 0 Å². The second kappa shape index (κ2) is 6.12. The van der Waals surface area contributed by atoms with Crippen LogP contribution in [0, 0.1) is 0 Å². The molecule has 0 rings (SSSR count). The fourth-order valence-electron chi connectivity index (χ4n) is 0.600. The summed E-state index contributed by atoms with van der Waals surface area (Å²) in [6.45, 7) is 3.64. The molecular formula is C7H14O4. The van der Waals surface area contributed by atoms with E-state index < -0.39 is 0 Å². The van der Waals surface area contributed by atoms with Crippen molar-refractivity contribution in [2.24, 2.45) is 0 Å². The summed E-state index contributed by atoms with van der Waals surface area (Å²) in [5.74, 6) is -0.358. The zero-order valence-corrected chi connectivity index (χ0v) is 6.87. The Morgan fingerprint density at radius 1 is 1.64 bits per heavy atom. The van der Waals surface area contributed by atoms with Gasteiger partial charge in [0.2, 0.25) is 0 Å². The van der Waals surface area contributed by atoms with E-state index in [1.807, 2.05) is 6.92 Å². The van der Waals surface area contributed by atoms with Crippen molar-refractivity contribution in [3.63, 3.8) is 0 Å². The predicted octanol–water partition coefficient (Wildman–Crippen LogP) is -0.0531. The second-order valence-electron chi connectivity index (χ2n) is 2.06.